The van der Waals surface area contributed by atoms with Crippen LogP contribution in [0.5, 0.6) is 5.75 Å². The summed E-state index contributed by atoms with van der Waals surface area (Å²) in [7, 11) is 0. The number of carbonyl (C=O) groups is 1. The Hall–Kier alpha value is -1.48. The monoisotopic (exact) mass is 304 g/mol. The Morgan fingerprint density at radius 1 is 1.47 bits per heavy atom. The van der Waals surface area contributed by atoms with Gasteiger partial charge in [-0.05, 0) is 11.6 Å². The molecule has 1 heterocycles. The van der Waals surface area contributed by atoms with Gasteiger partial charge in [0.1, 0.15) is 0 Å². The van der Waals surface area contributed by atoms with Crippen molar-refractivity contribution in [3.05, 3.63) is 23.0 Å². The average molecular weight is 305 g/mol. The Balaban J connectivity index is 3.50. The fourth-order valence-electron chi connectivity index (χ4n) is 1.31. The van der Waals surface area contributed by atoms with Gasteiger partial charge in [0.05, 0.1) is 0 Å². The molecule has 0 radical (unpaired) electrons. The molecular weight excluding hydrogens is 299 g/mol. The molecule has 2 N–H and O–H groups in total. The Morgan fingerprint density at radius 3 is 2.42 bits per heavy atom. The van der Waals surface area contributed by atoms with Crippen molar-refractivity contribution in [1.29, 1.82) is 0 Å². The van der Waals surface area contributed by atoms with Crippen molar-refractivity contribution in [1.82, 2.24) is 4.98 Å². The highest BCUT2D eigenvalue weighted by molar-refractivity contribution is 6.67. The van der Waals surface area contributed by atoms with Gasteiger partial charge in [0.25, 0.3) is 11.7 Å². The zero-order valence-corrected chi connectivity index (χ0v) is 9.73. The molecule has 1 aromatic heterocycles. The highest BCUT2D eigenvalue weighted by Gasteiger charge is 2.36. The van der Waals surface area contributed by atoms with E-state index in [1.165, 1.54) is 0 Å². The molecule has 0 amide bonds. The lowest BCUT2D eigenvalue weighted by Gasteiger charge is -2.16. The maximum absolute atomic E-state index is 12.6. The number of nitrogens with two attached hydrogens (primary N) is 1. The summed E-state index contributed by atoms with van der Waals surface area (Å²) in [6.07, 6.45) is -7.79. The second kappa shape index (κ2) is 5.66. The van der Waals surface area contributed by atoms with Crippen LogP contribution < -0.4 is 10.5 Å². The Morgan fingerprint density at radius 2 is 2.05 bits per heavy atom. The average Bonchev–Trinajstić information content (AvgIpc) is 2.25. The standard InChI is InChI=1S/C9H6ClF5N2O2/c10-7(18)5-6(19-9(13,14)15)3(1-16)4(2-17-5)8(11)12/h2,8H,1,16H2. The molecule has 0 saturated carbocycles. The molecule has 19 heavy (non-hydrogen) atoms. The number of hydrogen-bond acceptors (Lipinski definition) is 4. The molecule has 1 rings (SSSR count). The summed E-state index contributed by atoms with van der Waals surface area (Å²) in [6, 6.07) is 0. The maximum atomic E-state index is 12.6. The molecule has 0 atom stereocenters. The molecule has 0 aliphatic heterocycles. The van der Waals surface area contributed by atoms with Crippen molar-refractivity contribution < 1.29 is 31.5 Å². The van der Waals surface area contributed by atoms with Crippen LogP contribution in [0, 0.1) is 0 Å². The third-order valence-electron chi connectivity index (χ3n) is 2.01. The van der Waals surface area contributed by atoms with Gasteiger partial charge in [-0.2, -0.15) is 0 Å². The van der Waals surface area contributed by atoms with Crippen molar-refractivity contribution in [2.24, 2.45) is 5.73 Å². The second-order valence-electron chi connectivity index (χ2n) is 3.20. The van der Waals surface area contributed by atoms with Gasteiger partial charge in [0, 0.05) is 23.9 Å². The van der Waals surface area contributed by atoms with E-state index >= 15 is 0 Å². The van der Waals surface area contributed by atoms with Gasteiger partial charge in [-0.1, -0.05) is 0 Å². The lowest BCUT2D eigenvalue weighted by molar-refractivity contribution is -0.275. The summed E-state index contributed by atoms with van der Waals surface area (Å²) in [5.41, 5.74) is 2.65. The van der Waals surface area contributed by atoms with Gasteiger partial charge >= 0.3 is 6.36 Å². The molecule has 4 nitrogen and oxygen atoms in total. The van der Waals surface area contributed by atoms with Crippen molar-refractivity contribution in [2.45, 2.75) is 19.3 Å². The maximum Gasteiger partial charge on any atom is 0.573 e. The van der Waals surface area contributed by atoms with E-state index in [4.69, 9.17) is 17.3 Å². The molecule has 0 bridgehead atoms. The zero-order chi connectivity index (χ0) is 14.8. The number of alkyl halides is 5. The third-order valence-corrected chi connectivity index (χ3v) is 2.19. The fourth-order valence-corrected chi connectivity index (χ4v) is 1.44. The smallest absolute Gasteiger partial charge is 0.403 e. The minimum absolute atomic E-state index is 0.533. The summed E-state index contributed by atoms with van der Waals surface area (Å²) >= 11 is 5.02. The number of rotatable bonds is 4. The summed E-state index contributed by atoms with van der Waals surface area (Å²) in [5, 5.41) is -1.38. The summed E-state index contributed by atoms with van der Waals surface area (Å²) < 4.78 is 65.3. The first-order valence-corrected chi connectivity index (χ1v) is 5.00. The van der Waals surface area contributed by atoms with Crippen molar-refractivity contribution in [2.75, 3.05) is 0 Å². The molecule has 1 aromatic rings. The van der Waals surface area contributed by atoms with Crippen LogP contribution in [-0.4, -0.2) is 16.6 Å². The summed E-state index contributed by atoms with van der Waals surface area (Å²) in [6.45, 7) is -0.704. The van der Waals surface area contributed by atoms with E-state index in [1.807, 2.05) is 0 Å². The third kappa shape index (κ3) is 3.74. The van der Waals surface area contributed by atoms with E-state index in [9.17, 15) is 26.7 Å². The highest BCUT2D eigenvalue weighted by Crippen LogP contribution is 2.35. The van der Waals surface area contributed by atoms with Crippen LogP contribution in [0.4, 0.5) is 22.0 Å². The lowest BCUT2D eigenvalue weighted by Crippen LogP contribution is -2.22. The van der Waals surface area contributed by atoms with Gasteiger partial charge < -0.3 is 10.5 Å². The molecule has 0 unspecified atom stereocenters. The molecule has 106 valence electrons. The number of aromatic nitrogens is 1. The topological polar surface area (TPSA) is 65.2 Å². The van der Waals surface area contributed by atoms with Crippen LogP contribution >= 0.6 is 11.6 Å². The fraction of sp³-hybridized carbons (Fsp3) is 0.333. The highest BCUT2D eigenvalue weighted by atomic mass is 35.5. The van der Waals surface area contributed by atoms with Crippen LogP contribution in [0.1, 0.15) is 28.0 Å². The van der Waals surface area contributed by atoms with Gasteiger partial charge in [0.2, 0.25) is 0 Å². The van der Waals surface area contributed by atoms with E-state index < -0.39 is 47.1 Å². The SMILES string of the molecule is NCc1c(C(F)F)cnc(C(=O)Cl)c1OC(F)(F)F. The van der Waals surface area contributed by atoms with Crippen molar-refractivity contribution >= 4 is 16.8 Å². The van der Waals surface area contributed by atoms with Crippen LogP contribution in [0.25, 0.3) is 0 Å². The normalized spacial score (nSPS) is 11.8. The molecule has 0 aromatic carbocycles. The first-order chi connectivity index (χ1) is 8.67. The number of halogens is 6. The number of nitrogens with zero attached hydrogens (tertiary/aromatic N) is 1. The summed E-state index contributed by atoms with van der Waals surface area (Å²) in [4.78, 5) is 14.1. The Bertz CT molecular complexity index is 492. The van der Waals surface area contributed by atoms with Crippen LogP contribution in [0.15, 0.2) is 6.20 Å². The minimum Gasteiger partial charge on any atom is -0.403 e. The minimum atomic E-state index is -5.20. The van der Waals surface area contributed by atoms with Gasteiger partial charge in [0.15, 0.2) is 11.4 Å². The van der Waals surface area contributed by atoms with Gasteiger partial charge in [-0.25, -0.2) is 13.8 Å². The van der Waals surface area contributed by atoms with E-state index in [-0.39, 0.29) is 0 Å². The predicted octanol–water partition coefficient (Wildman–Crippen LogP) is 2.76. The zero-order valence-electron chi connectivity index (χ0n) is 8.97. The molecule has 10 heteroatoms. The quantitative estimate of drug-likeness (QED) is 0.686. The van der Waals surface area contributed by atoms with E-state index in [2.05, 4.69) is 9.72 Å². The largest absolute Gasteiger partial charge is 0.573 e. The van der Waals surface area contributed by atoms with Crippen LogP contribution in [0.3, 0.4) is 0 Å². The lowest BCUT2D eigenvalue weighted by atomic mass is 10.1. The van der Waals surface area contributed by atoms with E-state index in [1.54, 1.807) is 0 Å². The van der Waals surface area contributed by atoms with E-state index in [0.29, 0.717) is 6.20 Å². The number of pyridine rings is 1. The molecule has 0 spiro atoms. The molecular formula is C9H6ClF5N2O2. The van der Waals surface area contributed by atoms with Crippen molar-refractivity contribution in [3.63, 3.8) is 0 Å². The number of ether oxygens (including phenoxy) is 1. The first kappa shape index (κ1) is 15.6. The first-order valence-electron chi connectivity index (χ1n) is 4.63. The van der Waals surface area contributed by atoms with Gasteiger partial charge in [-0.3, -0.25) is 4.79 Å². The van der Waals surface area contributed by atoms with E-state index in [0.717, 1.165) is 0 Å². The van der Waals surface area contributed by atoms with Gasteiger partial charge in [-0.15, -0.1) is 13.2 Å². The Kier molecular flexibility index (Phi) is 4.64. The second-order valence-corrected chi connectivity index (χ2v) is 3.54. The molecule has 0 saturated heterocycles. The van der Waals surface area contributed by atoms with Crippen LogP contribution in [0.2, 0.25) is 0 Å². The molecule has 0 aliphatic carbocycles. The molecule has 0 aliphatic rings. The van der Waals surface area contributed by atoms with Crippen LogP contribution in [-0.2, 0) is 6.54 Å². The predicted molar refractivity (Wildman–Crippen MR) is 54.0 cm³/mol. The number of hydrogen-bond donors (Lipinski definition) is 1. The van der Waals surface area contributed by atoms with Crippen molar-refractivity contribution in [3.8, 4) is 5.75 Å². The Labute approximate surface area is 108 Å². The summed E-state index contributed by atoms with van der Waals surface area (Å²) in [5.74, 6) is -1.20. The number of carbonyl (C=O) groups excluding carboxylic acids is 1. The molecule has 0 fully saturated rings.